The number of rotatable bonds is 1. The largest absolute Gasteiger partial charge is 0.394 e. The molecule has 4 N–H and O–H groups in total. The van der Waals surface area contributed by atoms with E-state index in [1.54, 1.807) is 0 Å². The van der Waals surface area contributed by atoms with Crippen LogP contribution in [0.5, 0.6) is 0 Å². The monoisotopic (exact) mass is 178 g/mol. The molecule has 0 bridgehead atoms. The predicted octanol–water partition coefficient (Wildman–Crippen LogP) is -2.15. The summed E-state index contributed by atoms with van der Waals surface area (Å²) in [6.07, 6.45) is -3.19. The summed E-state index contributed by atoms with van der Waals surface area (Å²) in [5, 5.41) is 36.8. The van der Waals surface area contributed by atoms with Gasteiger partial charge in [0.1, 0.15) is 23.9 Å². The first-order chi connectivity index (χ1) is 5.50. The minimum absolute atomic E-state index is 0.0741. The van der Waals surface area contributed by atoms with Crippen LogP contribution in [0, 0.1) is 0 Å². The Bertz CT molecular complexity index is 158. The van der Waals surface area contributed by atoms with E-state index in [-0.39, 0.29) is 13.2 Å². The molecular weight excluding hydrogens is 164 g/mol. The maximum absolute atomic E-state index is 9.52. The third-order valence-corrected chi connectivity index (χ3v) is 2.27. The first-order valence-corrected chi connectivity index (χ1v) is 3.81. The Morgan fingerprint density at radius 1 is 1.50 bits per heavy atom. The van der Waals surface area contributed by atoms with Crippen LogP contribution in [0.15, 0.2) is 0 Å². The van der Waals surface area contributed by atoms with Crippen molar-refractivity contribution in [1.29, 1.82) is 0 Å². The van der Waals surface area contributed by atoms with Crippen molar-refractivity contribution in [2.24, 2.45) is 0 Å². The van der Waals surface area contributed by atoms with Crippen LogP contribution in [-0.4, -0.2) is 57.6 Å². The molecule has 0 saturated carbocycles. The van der Waals surface area contributed by atoms with Crippen LogP contribution in [0.2, 0.25) is 0 Å². The Hall–Kier alpha value is -0.200. The number of hydrogen-bond donors (Lipinski definition) is 4. The van der Waals surface area contributed by atoms with Gasteiger partial charge >= 0.3 is 0 Å². The van der Waals surface area contributed by atoms with Gasteiger partial charge in [-0.3, -0.25) is 0 Å². The summed E-state index contributed by atoms with van der Waals surface area (Å²) in [7, 11) is 0. The maximum atomic E-state index is 9.52. The topological polar surface area (TPSA) is 90.2 Å². The highest BCUT2D eigenvalue weighted by molar-refractivity contribution is 4.96. The van der Waals surface area contributed by atoms with E-state index in [1.165, 1.54) is 6.92 Å². The predicted molar refractivity (Wildman–Crippen MR) is 39.5 cm³/mol. The molecule has 1 fully saturated rings. The standard InChI is InChI=1S/C7H14O5/c1-7(11)5(9)3-12-4(2-8)6(7)10/h4-6,8-11H,2-3H2,1H3. The highest BCUT2D eigenvalue weighted by atomic mass is 16.5. The second kappa shape index (κ2) is 3.27. The zero-order valence-electron chi connectivity index (χ0n) is 6.84. The summed E-state index contributed by atoms with van der Waals surface area (Å²) in [6, 6.07) is 0. The van der Waals surface area contributed by atoms with E-state index in [0.29, 0.717) is 0 Å². The number of aliphatic hydroxyl groups excluding tert-OH is 3. The summed E-state index contributed by atoms with van der Waals surface area (Å²) < 4.78 is 4.88. The van der Waals surface area contributed by atoms with E-state index >= 15 is 0 Å². The summed E-state index contributed by atoms with van der Waals surface area (Å²) in [6.45, 7) is 0.868. The summed E-state index contributed by atoms with van der Waals surface area (Å²) >= 11 is 0. The smallest absolute Gasteiger partial charge is 0.118 e. The average molecular weight is 178 g/mol. The van der Waals surface area contributed by atoms with Gasteiger partial charge in [0.2, 0.25) is 0 Å². The fraction of sp³-hybridized carbons (Fsp3) is 1.00. The van der Waals surface area contributed by atoms with Crippen LogP contribution < -0.4 is 0 Å². The van der Waals surface area contributed by atoms with Crippen LogP contribution in [0.1, 0.15) is 6.92 Å². The molecule has 1 aliphatic rings. The highest BCUT2D eigenvalue weighted by Crippen LogP contribution is 2.24. The molecule has 4 atom stereocenters. The van der Waals surface area contributed by atoms with Gasteiger partial charge < -0.3 is 25.2 Å². The van der Waals surface area contributed by atoms with Gasteiger partial charge in [-0.1, -0.05) is 0 Å². The molecule has 0 radical (unpaired) electrons. The molecule has 1 rings (SSSR count). The highest BCUT2D eigenvalue weighted by Gasteiger charge is 2.46. The minimum atomic E-state index is -1.61. The first-order valence-electron chi connectivity index (χ1n) is 3.81. The van der Waals surface area contributed by atoms with Crippen molar-refractivity contribution in [3.05, 3.63) is 0 Å². The van der Waals surface area contributed by atoms with E-state index in [1.807, 2.05) is 0 Å². The zero-order valence-corrected chi connectivity index (χ0v) is 6.84. The quantitative estimate of drug-likeness (QED) is 0.367. The molecule has 4 unspecified atom stereocenters. The van der Waals surface area contributed by atoms with Gasteiger partial charge in [0.15, 0.2) is 0 Å². The van der Waals surface area contributed by atoms with Gasteiger partial charge in [0, 0.05) is 0 Å². The van der Waals surface area contributed by atoms with Gasteiger partial charge in [-0.2, -0.15) is 0 Å². The lowest BCUT2D eigenvalue weighted by Crippen LogP contribution is -2.62. The molecule has 1 aliphatic heterocycles. The molecule has 0 spiro atoms. The van der Waals surface area contributed by atoms with E-state index in [4.69, 9.17) is 9.84 Å². The fourth-order valence-corrected chi connectivity index (χ4v) is 1.20. The van der Waals surface area contributed by atoms with Crippen molar-refractivity contribution in [1.82, 2.24) is 0 Å². The molecule has 0 aromatic rings. The van der Waals surface area contributed by atoms with Crippen molar-refractivity contribution < 1.29 is 25.2 Å². The fourth-order valence-electron chi connectivity index (χ4n) is 1.20. The Labute approximate surface area is 70.2 Å². The van der Waals surface area contributed by atoms with Gasteiger partial charge in [-0.15, -0.1) is 0 Å². The van der Waals surface area contributed by atoms with Gasteiger partial charge in [-0.25, -0.2) is 0 Å². The normalized spacial score (nSPS) is 49.2. The van der Waals surface area contributed by atoms with Crippen LogP contribution in [0.25, 0.3) is 0 Å². The van der Waals surface area contributed by atoms with Crippen LogP contribution in [0.4, 0.5) is 0 Å². The molecule has 1 saturated heterocycles. The molecule has 5 heteroatoms. The van der Waals surface area contributed by atoms with Crippen LogP contribution in [-0.2, 0) is 4.74 Å². The first kappa shape index (κ1) is 9.88. The Kier molecular flexibility index (Phi) is 2.70. The van der Waals surface area contributed by atoms with Gasteiger partial charge in [0.05, 0.1) is 13.2 Å². The second-order valence-corrected chi connectivity index (χ2v) is 3.24. The van der Waals surface area contributed by atoms with Crippen LogP contribution in [0.3, 0.4) is 0 Å². The van der Waals surface area contributed by atoms with Gasteiger partial charge in [0.25, 0.3) is 0 Å². The zero-order chi connectivity index (χ0) is 9.35. The molecule has 12 heavy (non-hydrogen) atoms. The Balaban J connectivity index is 2.71. The van der Waals surface area contributed by atoms with Crippen molar-refractivity contribution >= 4 is 0 Å². The lowest BCUT2D eigenvalue weighted by atomic mass is 9.87. The lowest BCUT2D eigenvalue weighted by Gasteiger charge is -2.41. The van der Waals surface area contributed by atoms with Crippen molar-refractivity contribution in [2.45, 2.75) is 30.8 Å². The number of ether oxygens (including phenoxy) is 1. The molecule has 72 valence electrons. The summed E-state index contributed by atoms with van der Waals surface area (Å²) in [4.78, 5) is 0. The molecule has 0 aromatic carbocycles. The van der Waals surface area contributed by atoms with Crippen molar-refractivity contribution in [3.8, 4) is 0 Å². The van der Waals surface area contributed by atoms with Crippen molar-refractivity contribution in [2.75, 3.05) is 13.2 Å². The Morgan fingerprint density at radius 2 is 2.08 bits per heavy atom. The molecule has 1 heterocycles. The lowest BCUT2D eigenvalue weighted by molar-refractivity contribution is -0.239. The number of hydrogen-bond acceptors (Lipinski definition) is 5. The van der Waals surface area contributed by atoms with E-state index in [2.05, 4.69) is 0 Å². The minimum Gasteiger partial charge on any atom is -0.394 e. The van der Waals surface area contributed by atoms with E-state index in [9.17, 15) is 15.3 Å². The molecule has 0 amide bonds. The van der Waals surface area contributed by atoms with Crippen LogP contribution >= 0.6 is 0 Å². The molecule has 0 aromatic heterocycles. The van der Waals surface area contributed by atoms with E-state index < -0.39 is 23.9 Å². The third kappa shape index (κ3) is 1.46. The molecule has 0 aliphatic carbocycles. The molecular formula is C7H14O5. The summed E-state index contributed by atoms with van der Waals surface area (Å²) in [5.74, 6) is 0. The number of aliphatic hydroxyl groups is 4. The maximum Gasteiger partial charge on any atom is 0.118 e. The van der Waals surface area contributed by atoms with Gasteiger partial charge in [-0.05, 0) is 6.92 Å². The van der Waals surface area contributed by atoms with Crippen molar-refractivity contribution in [3.63, 3.8) is 0 Å². The SMILES string of the molecule is CC1(O)C(O)COC(CO)C1O. The third-order valence-electron chi connectivity index (χ3n) is 2.27. The Morgan fingerprint density at radius 3 is 2.58 bits per heavy atom. The second-order valence-electron chi connectivity index (χ2n) is 3.24. The molecule has 5 nitrogen and oxygen atoms in total. The average Bonchev–Trinajstić information content (AvgIpc) is 2.02. The summed E-state index contributed by atoms with van der Waals surface area (Å²) in [5.41, 5.74) is -1.61. The van der Waals surface area contributed by atoms with E-state index in [0.717, 1.165) is 0 Å².